The molecule has 3 heteroatoms. The lowest BCUT2D eigenvalue weighted by atomic mass is 10.1. The lowest BCUT2D eigenvalue weighted by Gasteiger charge is -2.09. The molecule has 0 spiro atoms. The van der Waals surface area contributed by atoms with Crippen molar-refractivity contribution in [1.82, 2.24) is 0 Å². The third-order valence-electron chi connectivity index (χ3n) is 2.95. The standard InChI is InChI=1S/C12H15BrO2/c1-15-10-3-2-9(11(13)8-10)4-5-12(14)6-7-12/h2-3,8,14H,4-7H2,1H3. The number of aryl methyl sites for hydroxylation is 1. The number of hydrogen-bond donors (Lipinski definition) is 1. The average molecular weight is 271 g/mol. The minimum absolute atomic E-state index is 0.362. The highest BCUT2D eigenvalue weighted by atomic mass is 79.9. The Morgan fingerprint density at radius 1 is 1.47 bits per heavy atom. The van der Waals surface area contributed by atoms with Gasteiger partial charge < -0.3 is 9.84 Å². The lowest BCUT2D eigenvalue weighted by Crippen LogP contribution is -2.07. The van der Waals surface area contributed by atoms with Gasteiger partial charge in [0.05, 0.1) is 12.7 Å². The third kappa shape index (κ3) is 2.73. The molecule has 1 aromatic rings. The van der Waals surface area contributed by atoms with Crippen LogP contribution in [0.1, 0.15) is 24.8 Å². The van der Waals surface area contributed by atoms with E-state index in [4.69, 9.17) is 4.74 Å². The number of methoxy groups -OCH3 is 1. The van der Waals surface area contributed by atoms with E-state index >= 15 is 0 Å². The highest BCUT2D eigenvalue weighted by Gasteiger charge is 2.39. The van der Waals surface area contributed by atoms with Crippen molar-refractivity contribution in [2.24, 2.45) is 0 Å². The molecule has 0 radical (unpaired) electrons. The van der Waals surface area contributed by atoms with Crippen LogP contribution in [0.25, 0.3) is 0 Å². The highest BCUT2D eigenvalue weighted by Crippen LogP contribution is 2.39. The van der Waals surface area contributed by atoms with Crippen LogP contribution in [0, 0.1) is 0 Å². The van der Waals surface area contributed by atoms with E-state index in [0.717, 1.165) is 35.9 Å². The van der Waals surface area contributed by atoms with Crippen molar-refractivity contribution < 1.29 is 9.84 Å². The Balaban J connectivity index is 2.01. The van der Waals surface area contributed by atoms with Gasteiger partial charge in [-0.3, -0.25) is 0 Å². The van der Waals surface area contributed by atoms with E-state index in [1.807, 2.05) is 12.1 Å². The van der Waals surface area contributed by atoms with Gasteiger partial charge in [-0.15, -0.1) is 0 Å². The van der Waals surface area contributed by atoms with E-state index in [0.29, 0.717) is 0 Å². The summed E-state index contributed by atoms with van der Waals surface area (Å²) in [5, 5.41) is 9.74. The molecular weight excluding hydrogens is 256 g/mol. The molecule has 0 heterocycles. The Bertz CT molecular complexity index is 359. The van der Waals surface area contributed by atoms with Gasteiger partial charge in [0.1, 0.15) is 5.75 Å². The molecule has 0 amide bonds. The maximum absolute atomic E-state index is 9.74. The predicted octanol–water partition coefficient (Wildman–Crippen LogP) is 2.92. The van der Waals surface area contributed by atoms with Gasteiger partial charge in [0.15, 0.2) is 0 Å². The van der Waals surface area contributed by atoms with Crippen LogP contribution in [0.15, 0.2) is 22.7 Å². The zero-order valence-corrected chi connectivity index (χ0v) is 10.4. The summed E-state index contributed by atoms with van der Waals surface area (Å²) < 4.78 is 6.19. The van der Waals surface area contributed by atoms with Crippen LogP contribution in [0.3, 0.4) is 0 Å². The molecule has 1 aliphatic rings. The first kappa shape index (κ1) is 11.0. The second-order valence-electron chi connectivity index (χ2n) is 4.18. The molecule has 0 bridgehead atoms. The molecule has 0 aromatic heterocycles. The molecule has 15 heavy (non-hydrogen) atoms. The van der Waals surface area contributed by atoms with Crippen LogP contribution >= 0.6 is 15.9 Å². The zero-order valence-electron chi connectivity index (χ0n) is 8.79. The minimum Gasteiger partial charge on any atom is -0.497 e. The Kier molecular flexibility index (Phi) is 3.03. The van der Waals surface area contributed by atoms with Crippen molar-refractivity contribution in [3.63, 3.8) is 0 Å². The second-order valence-corrected chi connectivity index (χ2v) is 5.04. The van der Waals surface area contributed by atoms with Crippen molar-refractivity contribution in [2.45, 2.75) is 31.3 Å². The summed E-state index contributed by atoms with van der Waals surface area (Å²) in [7, 11) is 1.66. The van der Waals surface area contributed by atoms with E-state index in [2.05, 4.69) is 22.0 Å². The fraction of sp³-hybridized carbons (Fsp3) is 0.500. The van der Waals surface area contributed by atoms with Crippen molar-refractivity contribution >= 4 is 15.9 Å². The zero-order chi connectivity index (χ0) is 10.9. The number of halogens is 1. The average Bonchev–Trinajstić information content (AvgIpc) is 2.95. The van der Waals surface area contributed by atoms with Crippen LogP contribution in [0.5, 0.6) is 5.75 Å². The normalized spacial score (nSPS) is 17.5. The molecule has 1 fully saturated rings. The number of hydrogen-bond acceptors (Lipinski definition) is 2. The topological polar surface area (TPSA) is 29.5 Å². The van der Waals surface area contributed by atoms with E-state index in [-0.39, 0.29) is 5.60 Å². The number of ether oxygens (including phenoxy) is 1. The molecule has 2 rings (SSSR count). The molecule has 1 N–H and O–H groups in total. The smallest absolute Gasteiger partial charge is 0.120 e. The van der Waals surface area contributed by atoms with Gasteiger partial charge in [-0.2, -0.15) is 0 Å². The van der Waals surface area contributed by atoms with Crippen LogP contribution in [0.2, 0.25) is 0 Å². The summed E-state index contributed by atoms with van der Waals surface area (Å²) >= 11 is 3.51. The molecule has 82 valence electrons. The van der Waals surface area contributed by atoms with Crippen molar-refractivity contribution in [3.05, 3.63) is 28.2 Å². The maximum Gasteiger partial charge on any atom is 0.120 e. The van der Waals surface area contributed by atoms with Gasteiger partial charge in [0.2, 0.25) is 0 Å². The Hall–Kier alpha value is -0.540. The van der Waals surface area contributed by atoms with Gasteiger partial charge >= 0.3 is 0 Å². The summed E-state index contributed by atoms with van der Waals surface area (Å²) in [6, 6.07) is 5.97. The summed E-state index contributed by atoms with van der Waals surface area (Å²) in [5.41, 5.74) is 0.871. The molecule has 0 atom stereocenters. The number of benzene rings is 1. The molecule has 1 aromatic carbocycles. The SMILES string of the molecule is COc1ccc(CCC2(O)CC2)c(Br)c1. The van der Waals surface area contributed by atoms with Crippen LogP contribution in [-0.4, -0.2) is 17.8 Å². The molecule has 0 aliphatic heterocycles. The van der Waals surface area contributed by atoms with E-state index in [1.54, 1.807) is 7.11 Å². The minimum atomic E-state index is -0.362. The predicted molar refractivity (Wildman–Crippen MR) is 63.2 cm³/mol. The monoisotopic (exact) mass is 270 g/mol. The molecule has 0 saturated heterocycles. The summed E-state index contributed by atoms with van der Waals surface area (Å²) in [5.74, 6) is 0.857. The number of aliphatic hydroxyl groups is 1. The first-order chi connectivity index (χ1) is 7.13. The van der Waals surface area contributed by atoms with Gasteiger partial charge in [-0.25, -0.2) is 0 Å². The maximum atomic E-state index is 9.74. The quantitative estimate of drug-likeness (QED) is 0.912. The van der Waals surface area contributed by atoms with E-state index in [1.165, 1.54) is 5.56 Å². The fourth-order valence-electron chi connectivity index (χ4n) is 1.62. The second kappa shape index (κ2) is 4.14. The van der Waals surface area contributed by atoms with Gasteiger partial charge in [0.25, 0.3) is 0 Å². The summed E-state index contributed by atoms with van der Waals surface area (Å²) in [6.45, 7) is 0. The molecule has 1 saturated carbocycles. The van der Waals surface area contributed by atoms with Gasteiger partial charge in [0, 0.05) is 4.47 Å². The lowest BCUT2D eigenvalue weighted by molar-refractivity contribution is 0.140. The Morgan fingerprint density at radius 3 is 2.73 bits per heavy atom. The summed E-state index contributed by atoms with van der Waals surface area (Å²) in [6.07, 6.45) is 3.69. The first-order valence-corrected chi connectivity index (χ1v) is 5.97. The molecule has 1 aliphatic carbocycles. The van der Waals surface area contributed by atoms with Crippen LogP contribution < -0.4 is 4.74 Å². The third-order valence-corrected chi connectivity index (χ3v) is 3.69. The fourth-order valence-corrected chi connectivity index (χ4v) is 2.18. The molecule has 0 unspecified atom stereocenters. The molecule has 2 nitrogen and oxygen atoms in total. The first-order valence-electron chi connectivity index (χ1n) is 5.18. The Morgan fingerprint density at radius 2 is 2.20 bits per heavy atom. The van der Waals surface area contributed by atoms with Crippen molar-refractivity contribution in [1.29, 1.82) is 0 Å². The van der Waals surface area contributed by atoms with Crippen LogP contribution in [-0.2, 0) is 6.42 Å². The Labute approximate surface area is 98.4 Å². The van der Waals surface area contributed by atoms with Crippen molar-refractivity contribution in [3.8, 4) is 5.75 Å². The largest absolute Gasteiger partial charge is 0.497 e. The molecular formula is C12H15BrO2. The van der Waals surface area contributed by atoms with E-state index in [9.17, 15) is 5.11 Å². The van der Waals surface area contributed by atoms with Gasteiger partial charge in [-0.1, -0.05) is 22.0 Å². The van der Waals surface area contributed by atoms with Crippen LogP contribution in [0.4, 0.5) is 0 Å². The highest BCUT2D eigenvalue weighted by molar-refractivity contribution is 9.10. The summed E-state index contributed by atoms with van der Waals surface area (Å²) in [4.78, 5) is 0. The van der Waals surface area contributed by atoms with Gasteiger partial charge in [-0.05, 0) is 43.4 Å². The van der Waals surface area contributed by atoms with E-state index < -0.39 is 0 Å². The number of rotatable bonds is 4. The van der Waals surface area contributed by atoms with Crippen molar-refractivity contribution in [2.75, 3.05) is 7.11 Å².